The van der Waals surface area contributed by atoms with Gasteiger partial charge in [-0.25, -0.2) is 4.98 Å². The molecule has 10 heteroatoms. The Morgan fingerprint density at radius 3 is 2.04 bits per heavy atom. The highest BCUT2D eigenvalue weighted by atomic mass is 35.5. The van der Waals surface area contributed by atoms with Gasteiger partial charge < -0.3 is 14.3 Å². The van der Waals surface area contributed by atoms with Crippen molar-refractivity contribution in [2.75, 3.05) is 5.32 Å². The second-order valence-electron chi connectivity index (χ2n) is 12.8. The second kappa shape index (κ2) is 13.1. The first-order chi connectivity index (χ1) is 22.1. The summed E-state index contributed by atoms with van der Waals surface area (Å²) in [7, 11) is -2.70. The number of hydrogen-bond acceptors (Lipinski definition) is 5. The summed E-state index contributed by atoms with van der Waals surface area (Å²) in [4.78, 5) is 35.5. The zero-order valence-corrected chi connectivity index (χ0v) is 28.6. The van der Waals surface area contributed by atoms with E-state index >= 15 is 0 Å². The molecule has 6 rings (SSSR count). The van der Waals surface area contributed by atoms with Crippen LogP contribution >= 0.6 is 23.2 Å². The van der Waals surface area contributed by atoms with Crippen LogP contribution in [0.2, 0.25) is 15.1 Å². The number of carbonyl (C=O) groups excluding carboxylic acids is 1. The molecular weight excluding hydrogens is 635 g/mol. The zero-order chi connectivity index (χ0) is 32.5. The van der Waals surface area contributed by atoms with Gasteiger partial charge in [-0.2, -0.15) is 0 Å². The highest BCUT2D eigenvalue weighted by molar-refractivity contribution is 6.99. The Balaban J connectivity index is 1.31. The molecule has 0 saturated heterocycles. The van der Waals surface area contributed by atoms with Crippen LogP contribution in [0.1, 0.15) is 62.9 Å². The van der Waals surface area contributed by atoms with Gasteiger partial charge in [-0.1, -0.05) is 105 Å². The lowest BCUT2D eigenvalue weighted by Gasteiger charge is -2.46. The average Bonchev–Trinajstić information content (AvgIpc) is 3.06. The minimum Gasteiger partial charge on any atom is -0.404 e. The summed E-state index contributed by atoms with van der Waals surface area (Å²) in [5.74, 6) is -0.594. The van der Waals surface area contributed by atoms with E-state index in [4.69, 9.17) is 27.6 Å². The predicted octanol–water partition coefficient (Wildman–Crippen LogP) is 7.41. The van der Waals surface area contributed by atoms with Crippen LogP contribution in [0.3, 0.4) is 0 Å². The van der Waals surface area contributed by atoms with E-state index in [0.717, 1.165) is 25.7 Å². The Labute approximate surface area is 279 Å². The normalized spacial score (nSPS) is 17.2. The lowest BCUT2D eigenvalue weighted by Crippen LogP contribution is -2.67. The summed E-state index contributed by atoms with van der Waals surface area (Å²) in [6.45, 7) is 6.88. The van der Waals surface area contributed by atoms with Gasteiger partial charge in [-0.15, -0.1) is 0 Å². The molecule has 1 aliphatic carbocycles. The molecule has 0 aliphatic heterocycles. The van der Waals surface area contributed by atoms with E-state index in [9.17, 15) is 9.59 Å². The van der Waals surface area contributed by atoms with Gasteiger partial charge in [-0.3, -0.25) is 14.6 Å². The minimum absolute atomic E-state index is 0.00451. The first-order valence-electron chi connectivity index (χ1n) is 15.5. The molecule has 3 aromatic heterocycles. The molecule has 0 radical (unpaired) electrons. The average molecular weight is 672 g/mol. The van der Waals surface area contributed by atoms with Gasteiger partial charge in [0.25, 0.3) is 14.2 Å². The Kier molecular flexibility index (Phi) is 9.16. The monoisotopic (exact) mass is 670 g/mol. The fraction of sp³-hybridized carbons (Fsp3) is 0.278. The topological polar surface area (TPSA) is 86.1 Å². The Bertz CT molecular complexity index is 1860. The van der Waals surface area contributed by atoms with Gasteiger partial charge in [0.15, 0.2) is 0 Å². The van der Waals surface area contributed by atoms with E-state index in [1.165, 1.54) is 22.8 Å². The number of hydrogen-bond donors (Lipinski definition) is 1. The SMILES string of the molecule is CC(C)(C)[Si](OC1CCC(n2cc(C(=O)Nc3c(Cl)cncc3Cl)c(=O)c3cccnc32)CC1)(c1ccccc1)c1ccccc1. The summed E-state index contributed by atoms with van der Waals surface area (Å²) in [6, 6.07) is 24.8. The Morgan fingerprint density at radius 2 is 1.48 bits per heavy atom. The van der Waals surface area contributed by atoms with Crippen LogP contribution in [0.4, 0.5) is 5.69 Å². The van der Waals surface area contributed by atoms with Crippen LogP contribution in [0.5, 0.6) is 0 Å². The molecule has 1 fully saturated rings. The molecule has 0 unspecified atom stereocenters. The number of anilines is 1. The van der Waals surface area contributed by atoms with Gasteiger partial charge >= 0.3 is 0 Å². The maximum Gasteiger partial charge on any atom is 0.261 e. The second-order valence-corrected chi connectivity index (χ2v) is 17.9. The summed E-state index contributed by atoms with van der Waals surface area (Å²) < 4.78 is 9.41. The van der Waals surface area contributed by atoms with Gasteiger partial charge in [-0.05, 0) is 53.2 Å². The van der Waals surface area contributed by atoms with Crippen molar-refractivity contribution < 1.29 is 9.22 Å². The number of amides is 1. The first kappa shape index (κ1) is 32.1. The number of pyridine rings is 3. The molecule has 0 spiro atoms. The molecule has 236 valence electrons. The quantitative estimate of drug-likeness (QED) is 0.182. The maximum absolute atomic E-state index is 13.5. The third-order valence-corrected chi connectivity index (χ3v) is 14.6. The highest BCUT2D eigenvalue weighted by Crippen LogP contribution is 2.41. The summed E-state index contributed by atoms with van der Waals surface area (Å²) in [5, 5.41) is 5.87. The van der Waals surface area contributed by atoms with Crippen LogP contribution in [0.15, 0.2) is 102 Å². The lowest BCUT2D eigenvalue weighted by atomic mass is 9.92. The molecule has 1 N–H and O–H groups in total. The number of fused-ring (bicyclic) bond motifs is 1. The number of nitrogens with zero attached hydrogens (tertiary/aromatic N) is 3. The number of carbonyl (C=O) groups is 1. The van der Waals surface area contributed by atoms with Crippen molar-refractivity contribution in [3.63, 3.8) is 0 Å². The molecule has 5 aromatic rings. The largest absolute Gasteiger partial charge is 0.404 e. The van der Waals surface area contributed by atoms with Gasteiger partial charge in [0, 0.05) is 36.9 Å². The smallest absolute Gasteiger partial charge is 0.261 e. The number of halogens is 2. The van der Waals surface area contributed by atoms with Crippen LogP contribution in [0.25, 0.3) is 11.0 Å². The molecule has 0 bridgehead atoms. The summed E-state index contributed by atoms with van der Waals surface area (Å²) in [5.41, 5.74) is 0.360. The van der Waals surface area contributed by atoms with Crippen molar-refractivity contribution in [2.24, 2.45) is 0 Å². The third kappa shape index (κ3) is 6.02. The van der Waals surface area contributed by atoms with Crippen molar-refractivity contribution in [3.05, 3.63) is 123 Å². The predicted molar refractivity (Wildman–Crippen MR) is 188 cm³/mol. The zero-order valence-electron chi connectivity index (χ0n) is 26.0. The minimum atomic E-state index is -2.70. The highest BCUT2D eigenvalue weighted by Gasteiger charge is 2.51. The van der Waals surface area contributed by atoms with Crippen molar-refractivity contribution in [1.29, 1.82) is 0 Å². The third-order valence-electron chi connectivity index (χ3n) is 8.92. The number of aromatic nitrogens is 3. The Hall–Kier alpha value is -3.82. The van der Waals surface area contributed by atoms with E-state index < -0.39 is 19.7 Å². The molecule has 3 heterocycles. The first-order valence-corrected chi connectivity index (χ1v) is 18.2. The van der Waals surface area contributed by atoms with E-state index in [-0.39, 0.29) is 38.5 Å². The van der Waals surface area contributed by atoms with Crippen molar-refractivity contribution in [3.8, 4) is 0 Å². The van der Waals surface area contributed by atoms with Crippen LogP contribution in [0, 0.1) is 0 Å². The molecule has 1 saturated carbocycles. The van der Waals surface area contributed by atoms with Gasteiger partial charge in [0.05, 0.1) is 21.1 Å². The van der Waals surface area contributed by atoms with E-state index in [1.54, 1.807) is 24.5 Å². The van der Waals surface area contributed by atoms with Gasteiger partial charge in [0.2, 0.25) is 5.43 Å². The molecule has 7 nitrogen and oxygen atoms in total. The van der Waals surface area contributed by atoms with Crippen LogP contribution in [-0.4, -0.2) is 34.9 Å². The van der Waals surface area contributed by atoms with E-state index in [2.05, 4.69) is 96.7 Å². The van der Waals surface area contributed by atoms with Crippen molar-refractivity contribution >= 4 is 64.5 Å². The van der Waals surface area contributed by atoms with E-state index in [1.807, 2.05) is 4.57 Å². The van der Waals surface area contributed by atoms with Crippen molar-refractivity contribution in [2.45, 2.75) is 63.6 Å². The van der Waals surface area contributed by atoms with Gasteiger partial charge in [0.1, 0.15) is 11.2 Å². The summed E-state index contributed by atoms with van der Waals surface area (Å²) in [6.07, 6.45) is 9.41. The molecule has 46 heavy (non-hydrogen) atoms. The maximum atomic E-state index is 13.5. The van der Waals surface area contributed by atoms with Crippen LogP contribution < -0.4 is 21.1 Å². The standard InChI is InChI=1S/C36H36Cl2N4O3Si/c1-36(2,3)46(26-11-6-4-7-12-26,27-13-8-5-9-14-27)45-25-18-16-24(17-19-25)42-23-29(33(43)28-15-10-20-40-34(28)42)35(44)41-32-30(37)21-39-22-31(32)38/h4-15,20-25H,16-19H2,1-3H3,(H,39,41,44). The fourth-order valence-corrected chi connectivity index (χ4v) is 11.9. The van der Waals surface area contributed by atoms with E-state index in [0.29, 0.717) is 11.0 Å². The number of rotatable bonds is 7. The number of nitrogens with one attached hydrogen (secondary N) is 1. The van der Waals surface area contributed by atoms with Crippen LogP contribution in [-0.2, 0) is 4.43 Å². The molecule has 2 aromatic carbocycles. The van der Waals surface area contributed by atoms with Crippen molar-refractivity contribution in [1.82, 2.24) is 14.5 Å². The lowest BCUT2D eigenvalue weighted by molar-refractivity contribution is 0.102. The molecular formula is C36H36Cl2N4O3Si. The summed E-state index contributed by atoms with van der Waals surface area (Å²) >= 11 is 12.5. The molecule has 1 amide bonds. The Morgan fingerprint density at radius 1 is 0.891 bits per heavy atom. The fourth-order valence-electron chi connectivity index (χ4n) is 6.72. The molecule has 0 atom stereocenters. The number of benzene rings is 2. The molecule has 1 aliphatic rings.